The quantitative estimate of drug-likeness (QED) is 0.191. The van der Waals surface area contributed by atoms with E-state index < -0.39 is 0 Å². The molecule has 6 nitrogen and oxygen atoms in total. The zero-order valence-corrected chi connectivity index (χ0v) is 23.5. The summed E-state index contributed by atoms with van der Waals surface area (Å²) < 4.78 is 0. The summed E-state index contributed by atoms with van der Waals surface area (Å²) in [5.41, 5.74) is 3.45. The van der Waals surface area contributed by atoms with E-state index >= 15 is 0 Å². The van der Waals surface area contributed by atoms with Crippen LogP contribution in [0.15, 0.2) is 64.6 Å². The Morgan fingerprint density at radius 2 is 1.90 bits per heavy atom. The zero-order chi connectivity index (χ0) is 27.2. The van der Waals surface area contributed by atoms with E-state index in [1.165, 1.54) is 5.56 Å². The van der Waals surface area contributed by atoms with Gasteiger partial charge in [0.25, 0.3) is 0 Å². The average molecular weight is 544 g/mol. The summed E-state index contributed by atoms with van der Waals surface area (Å²) in [5, 5.41) is 13.1. The van der Waals surface area contributed by atoms with Gasteiger partial charge in [0.15, 0.2) is 6.19 Å². The third-order valence-corrected chi connectivity index (χ3v) is 9.04. The predicted octanol–water partition coefficient (Wildman–Crippen LogP) is 6.36. The molecule has 3 aliphatic rings. The first-order chi connectivity index (χ1) is 19.0. The lowest BCUT2D eigenvalue weighted by Gasteiger charge is -2.37. The van der Waals surface area contributed by atoms with Crippen molar-refractivity contribution in [1.29, 1.82) is 5.26 Å². The molecule has 1 saturated carbocycles. The molecule has 1 aliphatic carbocycles. The molecule has 204 valence electrons. The zero-order valence-electron chi connectivity index (χ0n) is 22.7. The van der Waals surface area contributed by atoms with Gasteiger partial charge in [-0.2, -0.15) is 5.26 Å². The molecule has 1 N–H and O–H groups in total. The summed E-state index contributed by atoms with van der Waals surface area (Å²) in [6.07, 6.45) is 9.56. The molecule has 1 saturated heterocycles. The van der Waals surface area contributed by atoms with Crippen LogP contribution in [0.3, 0.4) is 0 Å². The third kappa shape index (κ3) is 6.70. The number of halogens is 1. The van der Waals surface area contributed by atoms with Crippen LogP contribution in [-0.4, -0.2) is 47.5 Å². The van der Waals surface area contributed by atoms with Crippen molar-refractivity contribution in [2.24, 2.45) is 21.8 Å². The van der Waals surface area contributed by atoms with Crippen LogP contribution in [0, 0.1) is 23.3 Å². The fourth-order valence-corrected chi connectivity index (χ4v) is 6.67. The van der Waals surface area contributed by atoms with Crippen molar-refractivity contribution < 1.29 is 4.79 Å². The second-order valence-corrected chi connectivity index (χ2v) is 11.8. The van der Waals surface area contributed by atoms with E-state index in [0.717, 1.165) is 62.2 Å². The molecule has 3 unspecified atom stereocenters. The van der Waals surface area contributed by atoms with Crippen molar-refractivity contribution in [3.05, 3.63) is 70.7 Å². The average Bonchev–Trinajstić information content (AvgIpc) is 3.40. The number of hydrogen-bond acceptors (Lipinski definition) is 4. The monoisotopic (exact) mass is 543 g/mol. The van der Waals surface area contributed by atoms with E-state index in [9.17, 15) is 10.1 Å². The highest BCUT2D eigenvalue weighted by molar-refractivity contribution is 6.30. The van der Waals surface area contributed by atoms with Crippen LogP contribution < -0.4 is 5.32 Å². The van der Waals surface area contributed by atoms with Gasteiger partial charge in [-0.3, -0.25) is 20.1 Å². The van der Waals surface area contributed by atoms with E-state index in [-0.39, 0.29) is 23.9 Å². The van der Waals surface area contributed by atoms with Gasteiger partial charge in [0, 0.05) is 31.0 Å². The number of aliphatic imine (C=N–C) groups is 2. The van der Waals surface area contributed by atoms with E-state index in [1.54, 1.807) is 0 Å². The minimum atomic E-state index is -0.0278. The SMILES string of the molecule is CC(CC(=NC1CCC(c2ccccc2)CC1)NC#N)C1CN=C(c2ccc(Cl)cc2)C(N2CCCC2=O)C1. The van der Waals surface area contributed by atoms with E-state index in [0.29, 0.717) is 36.2 Å². The lowest BCUT2D eigenvalue weighted by Crippen LogP contribution is -2.47. The summed E-state index contributed by atoms with van der Waals surface area (Å²) in [6.45, 7) is 3.72. The van der Waals surface area contributed by atoms with Crippen molar-refractivity contribution >= 4 is 29.1 Å². The Morgan fingerprint density at radius 3 is 2.56 bits per heavy atom. The molecule has 2 fully saturated rings. The number of rotatable bonds is 7. The molecule has 0 aromatic heterocycles. The first-order valence-electron chi connectivity index (χ1n) is 14.4. The molecule has 0 bridgehead atoms. The summed E-state index contributed by atoms with van der Waals surface area (Å²) in [5.74, 6) is 2.19. The predicted molar refractivity (Wildman–Crippen MR) is 157 cm³/mol. The Hall–Kier alpha value is -3.17. The van der Waals surface area contributed by atoms with E-state index in [4.69, 9.17) is 21.6 Å². The van der Waals surface area contributed by atoms with Gasteiger partial charge in [-0.05, 0) is 79.5 Å². The molecule has 2 heterocycles. The number of nitrogens with zero attached hydrogens (tertiary/aromatic N) is 4. The lowest BCUT2D eigenvalue weighted by atomic mass is 9.80. The molecule has 1 amide bonds. The highest BCUT2D eigenvalue weighted by Crippen LogP contribution is 2.35. The number of amides is 1. The smallest absolute Gasteiger partial charge is 0.223 e. The van der Waals surface area contributed by atoms with Crippen molar-refractivity contribution in [1.82, 2.24) is 10.2 Å². The van der Waals surface area contributed by atoms with Crippen molar-refractivity contribution in [3.63, 3.8) is 0 Å². The van der Waals surface area contributed by atoms with Crippen LogP contribution >= 0.6 is 11.6 Å². The number of likely N-dealkylation sites (tertiary alicyclic amines) is 1. The topological polar surface area (TPSA) is 80.8 Å². The summed E-state index contributed by atoms with van der Waals surface area (Å²) in [4.78, 5) is 24.9. The maximum absolute atomic E-state index is 12.8. The molecular formula is C32H38ClN5O. The molecule has 7 heteroatoms. The first kappa shape index (κ1) is 27.4. The number of hydrogen-bond donors (Lipinski definition) is 1. The molecule has 39 heavy (non-hydrogen) atoms. The first-order valence-corrected chi connectivity index (χ1v) is 14.8. The third-order valence-electron chi connectivity index (χ3n) is 8.79. The van der Waals surface area contributed by atoms with Crippen LogP contribution in [0.25, 0.3) is 0 Å². The van der Waals surface area contributed by atoms with Gasteiger partial charge < -0.3 is 4.90 Å². The maximum Gasteiger partial charge on any atom is 0.223 e. The van der Waals surface area contributed by atoms with Gasteiger partial charge in [0.05, 0.1) is 17.8 Å². The summed E-state index contributed by atoms with van der Waals surface area (Å²) in [6, 6.07) is 18.8. The van der Waals surface area contributed by atoms with Gasteiger partial charge in [0.1, 0.15) is 5.84 Å². The number of nitriles is 1. The normalized spacial score (nSPS) is 26.6. The minimum Gasteiger partial charge on any atom is -0.334 e. The molecule has 2 aromatic rings. The van der Waals surface area contributed by atoms with Crippen LogP contribution in [0.4, 0.5) is 0 Å². The van der Waals surface area contributed by atoms with Gasteiger partial charge in [-0.25, -0.2) is 0 Å². The molecule has 0 spiro atoms. The van der Waals surface area contributed by atoms with Crippen molar-refractivity contribution in [2.45, 2.75) is 76.3 Å². The number of carbonyl (C=O) groups excluding carboxylic acids is 1. The van der Waals surface area contributed by atoms with E-state index in [2.05, 4.69) is 48.8 Å². The highest BCUT2D eigenvalue weighted by Gasteiger charge is 2.37. The summed E-state index contributed by atoms with van der Waals surface area (Å²) in [7, 11) is 0. The van der Waals surface area contributed by atoms with Gasteiger partial charge in [-0.15, -0.1) is 0 Å². The second-order valence-electron chi connectivity index (χ2n) is 11.3. The Morgan fingerprint density at radius 1 is 1.15 bits per heavy atom. The Kier molecular flexibility index (Phi) is 8.98. The number of amidine groups is 1. The van der Waals surface area contributed by atoms with Crippen LogP contribution in [0.1, 0.15) is 75.3 Å². The fraction of sp³-hybridized carbons (Fsp3) is 0.500. The fourth-order valence-electron chi connectivity index (χ4n) is 6.54. The molecule has 2 aliphatic heterocycles. The Balaban J connectivity index is 1.26. The molecule has 2 aromatic carbocycles. The lowest BCUT2D eigenvalue weighted by molar-refractivity contribution is -0.128. The van der Waals surface area contributed by atoms with Gasteiger partial charge in [-0.1, -0.05) is 61.0 Å². The standard InChI is InChI=1S/C32H38ClN5O/c1-22(18-30(36-21-34)37-28-15-11-24(12-16-28)23-6-3-2-4-7-23)26-19-29(38-17-5-8-31(38)39)32(35-20-26)25-9-13-27(33)14-10-25/h2-4,6-7,9-10,13-14,22,24,26,28-29H,5,8,11-12,15-20H2,1H3,(H,36,37). The number of nitrogens with one attached hydrogen (secondary N) is 1. The maximum atomic E-state index is 12.8. The van der Waals surface area contributed by atoms with Crippen molar-refractivity contribution in [3.8, 4) is 6.19 Å². The second kappa shape index (κ2) is 12.8. The summed E-state index contributed by atoms with van der Waals surface area (Å²) >= 11 is 6.14. The Labute approximate surface area is 237 Å². The molecule has 5 rings (SSSR count). The van der Waals surface area contributed by atoms with Crippen LogP contribution in [0.5, 0.6) is 0 Å². The van der Waals surface area contributed by atoms with E-state index in [1.807, 2.05) is 29.2 Å². The van der Waals surface area contributed by atoms with Crippen LogP contribution in [0.2, 0.25) is 5.02 Å². The largest absolute Gasteiger partial charge is 0.334 e. The Bertz CT molecular complexity index is 1230. The number of carbonyl (C=O) groups is 1. The highest BCUT2D eigenvalue weighted by atomic mass is 35.5. The van der Waals surface area contributed by atoms with Gasteiger partial charge in [0.2, 0.25) is 5.91 Å². The van der Waals surface area contributed by atoms with Gasteiger partial charge >= 0.3 is 0 Å². The van der Waals surface area contributed by atoms with Crippen LogP contribution in [-0.2, 0) is 4.79 Å². The number of benzene rings is 2. The molecule has 0 radical (unpaired) electrons. The molecule has 3 atom stereocenters. The van der Waals surface area contributed by atoms with Crippen molar-refractivity contribution in [2.75, 3.05) is 13.1 Å². The molecular weight excluding hydrogens is 506 g/mol. The minimum absolute atomic E-state index is 0.0278.